The monoisotopic (exact) mass is 295 g/mol. The van der Waals surface area contributed by atoms with Gasteiger partial charge < -0.3 is 20.3 Å². The summed E-state index contributed by atoms with van der Waals surface area (Å²) in [6.07, 6.45) is -1.14. The standard InChI is InChI=1S/C15H21NO5/c1-9-4-5-10(2)12(8-9)21-7-6-13(18)16-14(11(3)17)15(19)20/h4-5,8,11,14,17H,6-7H2,1-3H3,(H,16,18)(H,19,20)/t11-,14+/m1/s1. The third-order valence-corrected chi connectivity index (χ3v) is 3.00. The minimum atomic E-state index is -1.31. The van der Waals surface area contributed by atoms with Gasteiger partial charge in [0.05, 0.1) is 19.1 Å². The van der Waals surface area contributed by atoms with E-state index in [0.717, 1.165) is 11.1 Å². The first-order valence-corrected chi connectivity index (χ1v) is 6.71. The maximum absolute atomic E-state index is 11.6. The van der Waals surface area contributed by atoms with Crippen LogP contribution in [0.3, 0.4) is 0 Å². The predicted molar refractivity (Wildman–Crippen MR) is 77.3 cm³/mol. The Hall–Kier alpha value is -2.08. The second-order valence-electron chi connectivity index (χ2n) is 4.99. The molecular weight excluding hydrogens is 274 g/mol. The molecule has 0 heterocycles. The maximum Gasteiger partial charge on any atom is 0.328 e. The van der Waals surface area contributed by atoms with Crippen molar-refractivity contribution in [3.05, 3.63) is 29.3 Å². The zero-order valence-electron chi connectivity index (χ0n) is 12.4. The Morgan fingerprint density at radius 2 is 2.00 bits per heavy atom. The molecule has 116 valence electrons. The number of aryl methyl sites for hydroxylation is 2. The molecule has 0 saturated heterocycles. The Morgan fingerprint density at radius 1 is 1.33 bits per heavy atom. The van der Waals surface area contributed by atoms with Crippen molar-refractivity contribution in [1.82, 2.24) is 5.32 Å². The lowest BCUT2D eigenvalue weighted by Gasteiger charge is -2.17. The second-order valence-corrected chi connectivity index (χ2v) is 4.99. The topological polar surface area (TPSA) is 95.9 Å². The molecule has 2 atom stereocenters. The maximum atomic E-state index is 11.6. The van der Waals surface area contributed by atoms with Crippen LogP contribution in [0.1, 0.15) is 24.5 Å². The van der Waals surface area contributed by atoms with Crippen LogP contribution in [0.4, 0.5) is 0 Å². The van der Waals surface area contributed by atoms with Gasteiger partial charge in [-0.15, -0.1) is 0 Å². The van der Waals surface area contributed by atoms with E-state index in [-0.39, 0.29) is 13.0 Å². The average molecular weight is 295 g/mol. The van der Waals surface area contributed by atoms with E-state index < -0.39 is 24.0 Å². The minimum Gasteiger partial charge on any atom is -0.493 e. The van der Waals surface area contributed by atoms with Gasteiger partial charge in [-0.2, -0.15) is 0 Å². The number of carbonyl (C=O) groups excluding carboxylic acids is 1. The Bertz CT molecular complexity index is 513. The van der Waals surface area contributed by atoms with Crippen molar-refractivity contribution in [3.63, 3.8) is 0 Å². The molecule has 0 saturated carbocycles. The summed E-state index contributed by atoms with van der Waals surface area (Å²) >= 11 is 0. The number of benzene rings is 1. The summed E-state index contributed by atoms with van der Waals surface area (Å²) in [7, 11) is 0. The molecular formula is C15H21NO5. The van der Waals surface area contributed by atoms with E-state index in [1.807, 2.05) is 32.0 Å². The number of carboxylic acids is 1. The highest BCUT2D eigenvalue weighted by Gasteiger charge is 2.24. The number of carbonyl (C=O) groups is 2. The predicted octanol–water partition coefficient (Wildman–Crippen LogP) is 1.02. The molecule has 3 N–H and O–H groups in total. The molecule has 1 aromatic carbocycles. The fourth-order valence-electron chi connectivity index (χ4n) is 1.75. The highest BCUT2D eigenvalue weighted by atomic mass is 16.5. The number of carboxylic acid groups (broad SMARTS) is 1. The van der Waals surface area contributed by atoms with Crippen molar-refractivity contribution in [2.24, 2.45) is 0 Å². The average Bonchev–Trinajstić information content (AvgIpc) is 2.39. The van der Waals surface area contributed by atoms with E-state index in [1.165, 1.54) is 6.92 Å². The van der Waals surface area contributed by atoms with Gasteiger partial charge in [0, 0.05) is 0 Å². The molecule has 0 aliphatic carbocycles. The molecule has 0 bridgehead atoms. The van der Waals surface area contributed by atoms with Gasteiger partial charge in [-0.1, -0.05) is 12.1 Å². The quantitative estimate of drug-likeness (QED) is 0.698. The van der Waals surface area contributed by atoms with Crippen LogP contribution in [-0.2, 0) is 9.59 Å². The third-order valence-electron chi connectivity index (χ3n) is 3.00. The zero-order valence-corrected chi connectivity index (χ0v) is 12.4. The van der Waals surface area contributed by atoms with E-state index in [2.05, 4.69) is 5.32 Å². The van der Waals surface area contributed by atoms with E-state index in [0.29, 0.717) is 5.75 Å². The van der Waals surface area contributed by atoms with Crippen molar-refractivity contribution in [2.45, 2.75) is 39.3 Å². The normalized spacial score (nSPS) is 13.3. The smallest absolute Gasteiger partial charge is 0.328 e. The number of amides is 1. The molecule has 21 heavy (non-hydrogen) atoms. The number of ether oxygens (including phenoxy) is 1. The van der Waals surface area contributed by atoms with Gasteiger partial charge in [-0.05, 0) is 38.0 Å². The Labute approximate surface area is 123 Å². The van der Waals surface area contributed by atoms with Gasteiger partial charge in [0.2, 0.25) is 5.91 Å². The molecule has 1 amide bonds. The summed E-state index contributed by atoms with van der Waals surface area (Å²) in [6.45, 7) is 5.30. The van der Waals surface area contributed by atoms with Gasteiger partial charge in [0.25, 0.3) is 0 Å². The first-order valence-electron chi connectivity index (χ1n) is 6.71. The molecule has 1 rings (SSSR count). The fourth-order valence-corrected chi connectivity index (χ4v) is 1.75. The van der Waals surface area contributed by atoms with Gasteiger partial charge in [0.1, 0.15) is 5.75 Å². The number of rotatable bonds is 7. The number of aliphatic carboxylic acids is 1. The number of aliphatic hydroxyl groups is 1. The lowest BCUT2D eigenvalue weighted by atomic mass is 10.1. The second kappa shape index (κ2) is 7.64. The van der Waals surface area contributed by atoms with Crippen LogP contribution >= 0.6 is 0 Å². The van der Waals surface area contributed by atoms with Crippen LogP contribution in [-0.4, -0.2) is 40.8 Å². The van der Waals surface area contributed by atoms with Gasteiger partial charge in [0.15, 0.2) is 6.04 Å². The van der Waals surface area contributed by atoms with E-state index in [9.17, 15) is 14.7 Å². The molecule has 6 heteroatoms. The van der Waals surface area contributed by atoms with Crippen LogP contribution in [0.2, 0.25) is 0 Å². The summed E-state index contributed by atoms with van der Waals surface area (Å²) in [6, 6.07) is 4.47. The summed E-state index contributed by atoms with van der Waals surface area (Å²) < 4.78 is 5.52. The summed E-state index contributed by atoms with van der Waals surface area (Å²) in [4.78, 5) is 22.5. The third kappa shape index (κ3) is 5.43. The Balaban J connectivity index is 2.46. The fraction of sp³-hybridized carbons (Fsp3) is 0.467. The number of hydrogen-bond acceptors (Lipinski definition) is 4. The number of aliphatic hydroxyl groups excluding tert-OH is 1. The van der Waals surface area contributed by atoms with Crippen molar-refractivity contribution < 1.29 is 24.5 Å². The van der Waals surface area contributed by atoms with Gasteiger partial charge in [-0.3, -0.25) is 4.79 Å². The minimum absolute atomic E-state index is 0.0177. The van der Waals surface area contributed by atoms with Crippen molar-refractivity contribution in [3.8, 4) is 5.75 Å². The van der Waals surface area contributed by atoms with Gasteiger partial charge in [-0.25, -0.2) is 4.79 Å². The van der Waals surface area contributed by atoms with Crippen molar-refractivity contribution >= 4 is 11.9 Å². The van der Waals surface area contributed by atoms with Crippen LogP contribution in [0, 0.1) is 13.8 Å². The first-order chi connectivity index (χ1) is 9.81. The van der Waals surface area contributed by atoms with Crippen LogP contribution in [0.25, 0.3) is 0 Å². The molecule has 1 aromatic rings. The molecule has 0 radical (unpaired) electrons. The molecule has 6 nitrogen and oxygen atoms in total. The van der Waals surface area contributed by atoms with Gasteiger partial charge >= 0.3 is 5.97 Å². The first kappa shape index (κ1) is 17.0. The van der Waals surface area contributed by atoms with E-state index in [1.54, 1.807) is 0 Å². The van der Waals surface area contributed by atoms with E-state index in [4.69, 9.17) is 9.84 Å². The molecule has 0 aliphatic heterocycles. The van der Waals surface area contributed by atoms with Crippen molar-refractivity contribution in [1.29, 1.82) is 0 Å². The zero-order chi connectivity index (χ0) is 16.0. The molecule has 0 unspecified atom stereocenters. The number of hydrogen-bond donors (Lipinski definition) is 3. The van der Waals surface area contributed by atoms with Crippen LogP contribution in [0.5, 0.6) is 5.75 Å². The Morgan fingerprint density at radius 3 is 2.57 bits per heavy atom. The number of nitrogens with one attached hydrogen (secondary N) is 1. The lowest BCUT2D eigenvalue weighted by molar-refractivity contribution is -0.144. The summed E-state index contributed by atoms with van der Waals surface area (Å²) in [5, 5.41) is 20.4. The Kier molecular flexibility index (Phi) is 6.17. The molecule has 0 aliphatic rings. The highest BCUT2D eigenvalue weighted by molar-refractivity contribution is 5.83. The molecule has 0 spiro atoms. The lowest BCUT2D eigenvalue weighted by Crippen LogP contribution is -2.47. The largest absolute Gasteiger partial charge is 0.493 e. The highest BCUT2D eigenvalue weighted by Crippen LogP contribution is 2.19. The van der Waals surface area contributed by atoms with E-state index >= 15 is 0 Å². The summed E-state index contributed by atoms with van der Waals surface area (Å²) in [5.41, 5.74) is 2.02. The van der Waals surface area contributed by atoms with Crippen molar-refractivity contribution in [2.75, 3.05) is 6.61 Å². The molecule has 0 aromatic heterocycles. The molecule has 0 fully saturated rings. The van der Waals surface area contributed by atoms with Crippen LogP contribution in [0.15, 0.2) is 18.2 Å². The SMILES string of the molecule is Cc1ccc(C)c(OCCC(=O)N[C@H](C(=O)O)[C@@H](C)O)c1. The van der Waals surface area contributed by atoms with Crippen LogP contribution < -0.4 is 10.1 Å². The summed E-state index contributed by atoms with van der Waals surface area (Å²) in [5.74, 6) is -1.05.